The van der Waals surface area contributed by atoms with Gasteiger partial charge in [0.1, 0.15) is 0 Å². The second kappa shape index (κ2) is 5.29. The number of hydrogen-bond acceptors (Lipinski definition) is 3. The van der Waals surface area contributed by atoms with E-state index < -0.39 is 0 Å². The number of amides is 1. The number of carbonyl (C=O) groups excluding carboxylic acids is 1. The van der Waals surface area contributed by atoms with E-state index in [9.17, 15) is 4.79 Å². The molecule has 1 unspecified atom stereocenters. The van der Waals surface area contributed by atoms with Crippen molar-refractivity contribution in [2.45, 2.75) is 18.9 Å². The van der Waals surface area contributed by atoms with Crippen molar-refractivity contribution in [2.24, 2.45) is 0 Å². The smallest absolute Gasteiger partial charge is 0.227 e. The van der Waals surface area contributed by atoms with Gasteiger partial charge in [-0.25, -0.2) is 0 Å². The first-order valence-electron chi connectivity index (χ1n) is 7.48. The zero-order valence-electron chi connectivity index (χ0n) is 12.1. The van der Waals surface area contributed by atoms with Crippen LogP contribution in [0.1, 0.15) is 18.0 Å². The van der Waals surface area contributed by atoms with Crippen molar-refractivity contribution in [3.8, 4) is 0 Å². The monoisotopic (exact) mass is 295 g/mol. The minimum atomic E-state index is 0.178. The van der Waals surface area contributed by atoms with Gasteiger partial charge in [-0.3, -0.25) is 14.6 Å². The second-order valence-corrected chi connectivity index (χ2v) is 5.74. The van der Waals surface area contributed by atoms with E-state index >= 15 is 0 Å². The summed E-state index contributed by atoms with van der Waals surface area (Å²) in [5.74, 6) is 0.178. The van der Waals surface area contributed by atoms with E-state index in [1.54, 1.807) is 12.4 Å². The molecule has 6 heteroatoms. The van der Waals surface area contributed by atoms with E-state index in [2.05, 4.69) is 15.3 Å². The molecular formula is C16H17N5O. The number of fused-ring (bicyclic) bond motifs is 1. The van der Waals surface area contributed by atoms with Gasteiger partial charge < -0.3 is 4.90 Å². The summed E-state index contributed by atoms with van der Waals surface area (Å²) in [5.41, 5.74) is 2.03. The Bertz CT molecular complexity index is 792. The molecule has 1 aliphatic rings. The lowest BCUT2D eigenvalue weighted by Crippen LogP contribution is -2.30. The lowest BCUT2D eigenvalue weighted by molar-refractivity contribution is -0.129. The predicted molar refractivity (Wildman–Crippen MR) is 82.3 cm³/mol. The normalized spacial score (nSPS) is 18.2. The fourth-order valence-corrected chi connectivity index (χ4v) is 3.07. The van der Waals surface area contributed by atoms with Crippen LogP contribution in [0.4, 0.5) is 0 Å². The molecule has 22 heavy (non-hydrogen) atoms. The van der Waals surface area contributed by atoms with Crippen LogP contribution in [-0.2, 0) is 11.2 Å². The fourth-order valence-electron chi connectivity index (χ4n) is 3.07. The minimum Gasteiger partial charge on any atom is -0.340 e. The molecule has 0 saturated carbocycles. The number of nitrogens with zero attached hydrogens (tertiary/aromatic N) is 4. The third-order valence-corrected chi connectivity index (χ3v) is 4.28. The van der Waals surface area contributed by atoms with Crippen molar-refractivity contribution in [1.82, 2.24) is 24.9 Å². The molecule has 4 rings (SSSR count). The molecule has 3 aromatic rings. The van der Waals surface area contributed by atoms with Crippen molar-refractivity contribution < 1.29 is 4.79 Å². The third-order valence-electron chi connectivity index (χ3n) is 4.28. The molecule has 1 aliphatic heterocycles. The van der Waals surface area contributed by atoms with Crippen LogP contribution in [0.5, 0.6) is 0 Å². The second-order valence-electron chi connectivity index (χ2n) is 5.74. The molecule has 0 bridgehead atoms. The van der Waals surface area contributed by atoms with Gasteiger partial charge in [-0.1, -0.05) is 6.07 Å². The summed E-state index contributed by atoms with van der Waals surface area (Å²) in [4.78, 5) is 14.4. The number of likely N-dealkylation sites (tertiary alicyclic amines) is 1. The summed E-state index contributed by atoms with van der Waals surface area (Å²) in [7, 11) is 0. The third kappa shape index (κ3) is 2.36. The summed E-state index contributed by atoms with van der Waals surface area (Å²) in [6.45, 7) is 1.55. The first kappa shape index (κ1) is 13.1. The number of aromatic nitrogens is 4. The summed E-state index contributed by atoms with van der Waals surface area (Å²) in [5, 5.41) is 12.2. The minimum absolute atomic E-state index is 0.178. The van der Waals surface area contributed by atoms with Crippen LogP contribution in [0.3, 0.4) is 0 Å². The molecule has 1 atom stereocenters. The van der Waals surface area contributed by atoms with Crippen molar-refractivity contribution in [3.63, 3.8) is 0 Å². The predicted octanol–water partition coefficient (Wildman–Crippen LogP) is 1.78. The number of H-pyrrole nitrogens is 1. The Labute approximate surface area is 127 Å². The van der Waals surface area contributed by atoms with Gasteiger partial charge in [-0.2, -0.15) is 10.2 Å². The summed E-state index contributed by atoms with van der Waals surface area (Å²) >= 11 is 0. The van der Waals surface area contributed by atoms with Crippen LogP contribution in [0, 0.1) is 0 Å². The van der Waals surface area contributed by atoms with Gasteiger partial charge >= 0.3 is 0 Å². The van der Waals surface area contributed by atoms with Crippen LogP contribution in [0.25, 0.3) is 10.9 Å². The van der Waals surface area contributed by atoms with Gasteiger partial charge in [-0.15, -0.1) is 0 Å². The molecule has 2 aromatic heterocycles. The highest BCUT2D eigenvalue weighted by atomic mass is 16.2. The van der Waals surface area contributed by atoms with E-state index in [0.29, 0.717) is 12.5 Å². The van der Waals surface area contributed by atoms with Crippen LogP contribution in [-0.4, -0.2) is 43.9 Å². The number of rotatable bonds is 3. The lowest BCUT2D eigenvalue weighted by atomic mass is 10.1. The largest absolute Gasteiger partial charge is 0.340 e. The number of hydrogen-bond donors (Lipinski definition) is 1. The van der Waals surface area contributed by atoms with Crippen LogP contribution < -0.4 is 0 Å². The van der Waals surface area contributed by atoms with Crippen molar-refractivity contribution in [3.05, 3.63) is 48.4 Å². The van der Waals surface area contributed by atoms with Gasteiger partial charge in [0.05, 0.1) is 24.2 Å². The summed E-state index contributed by atoms with van der Waals surface area (Å²) in [6, 6.07) is 8.21. The first-order chi connectivity index (χ1) is 10.8. The Morgan fingerprint density at radius 3 is 3.23 bits per heavy atom. The maximum atomic E-state index is 12.5. The highest BCUT2D eigenvalue weighted by Gasteiger charge is 2.27. The van der Waals surface area contributed by atoms with E-state index in [0.717, 1.165) is 36.0 Å². The molecule has 1 aromatic carbocycles. The summed E-state index contributed by atoms with van der Waals surface area (Å²) in [6.07, 6.45) is 6.93. The average molecular weight is 295 g/mol. The van der Waals surface area contributed by atoms with E-state index in [1.807, 2.05) is 40.0 Å². The SMILES string of the molecule is O=C(Cc1ccc2[nH]ncc2c1)N1CCC(n2cccn2)C1. The molecular weight excluding hydrogens is 278 g/mol. The van der Waals surface area contributed by atoms with Gasteiger partial charge in [0.2, 0.25) is 5.91 Å². The highest BCUT2D eigenvalue weighted by molar-refractivity contribution is 5.83. The maximum Gasteiger partial charge on any atom is 0.227 e. The first-order valence-corrected chi connectivity index (χ1v) is 7.48. The molecule has 1 N–H and O–H groups in total. The maximum absolute atomic E-state index is 12.5. The van der Waals surface area contributed by atoms with Gasteiger partial charge in [-0.05, 0) is 30.2 Å². The number of aromatic amines is 1. The van der Waals surface area contributed by atoms with Gasteiger partial charge in [0, 0.05) is 30.9 Å². The zero-order valence-corrected chi connectivity index (χ0v) is 12.1. The zero-order chi connectivity index (χ0) is 14.9. The van der Waals surface area contributed by atoms with Crippen LogP contribution in [0.15, 0.2) is 42.9 Å². The Hall–Kier alpha value is -2.63. The van der Waals surface area contributed by atoms with Crippen LogP contribution >= 0.6 is 0 Å². The van der Waals surface area contributed by atoms with Gasteiger partial charge in [0.25, 0.3) is 0 Å². The Morgan fingerprint density at radius 2 is 2.36 bits per heavy atom. The molecule has 1 saturated heterocycles. The quantitative estimate of drug-likeness (QED) is 0.801. The summed E-state index contributed by atoms with van der Waals surface area (Å²) < 4.78 is 1.95. The Kier molecular flexibility index (Phi) is 3.14. The molecule has 0 spiro atoms. The van der Waals surface area contributed by atoms with E-state index in [-0.39, 0.29) is 5.91 Å². The number of benzene rings is 1. The molecule has 3 heterocycles. The standard InChI is InChI=1S/C16H17N5O/c22-16(9-12-2-3-15-13(8-12)10-17-19-15)20-7-4-14(11-20)21-6-1-5-18-21/h1-3,5-6,8,10,14H,4,7,9,11H2,(H,17,19). The topological polar surface area (TPSA) is 66.8 Å². The molecule has 1 amide bonds. The fraction of sp³-hybridized carbons (Fsp3) is 0.312. The Morgan fingerprint density at radius 1 is 1.41 bits per heavy atom. The number of nitrogens with one attached hydrogen (secondary N) is 1. The van der Waals surface area contributed by atoms with E-state index in [4.69, 9.17) is 0 Å². The van der Waals surface area contributed by atoms with E-state index in [1.165, 1.54) is 0 Å². The molecule has 112 valence electrons. The van der Waals surface area contributed by atoms with Gasteiger partial charge in [0.15, 0.2) is 0 Å². The lowest BCUT2D eigenvalue weighted by Gasteiger charge is -2.16. The number of carbonyl (C=O) groups is 1. The Balaban J connectivity index is 1.44. The van der Waals surface area contributed by atoms with Crippen molar-refractivity contribution in [2.75, 3.05) is 13.1 Å². The average Bonchev–Trinajstić information content (AvgIpc) is 3.26. The van der Waals surface area contributed by atoms with Crippen LogP contribution in [0.2, 0.25) is 0 Å². The van der Waals surface area contributed by atoms with Crippen molar-refractivity contribution in [1.29, 1.82) is 0 Å². The van der Waals surface area contributed by atoms with Crippen molar-refractivity contribution >= 4 is 16.8 Å². The highest BCUT2D eigenvalue weighted by Crippen LogP contribution is 2.22. The molecule has 6 nitrogen and oxygen atoms in total. The molecule has 1 fully saturated rings. The molecule has 0 radical (unpaired) electrons. The molecule has 0 aliphatic carbocycles.